The predicted octanol–water partition coefficient (Wildman–Crippen LogP) is 4.04. The molecular formula is C23H27ClN2O5S. The summed E-state index contributed by atoms with van der Waals surface area (Å²) in [5.41, 5.74) is 0.298. The Bertz CT molecular complexity index is 1070. The molecule has 0 aromatic heterocycles. The van der Waals surface area contributed by atoms with Crippen molar-refractivity contribution in [1.82, 2.24) is 5.32 Å². The van der Waals surface area contributed by atoms with E-state index in [4.69, 9.17) is 16.3 Å². The summed E-state index contributed by atoms with van der Waals surface area (Å²) in [5, 5.41) is 2.74. The quantitative estimate of drug-likeness (QED) is 0.411. The maximum Gasteiger partial charge on any atom is 0.340 e. The minimum Gasteiger partial charge on any atom is -0.452 e. The fourth-order valence-corrected chi connectivity index (χ4v) is 4.33. The van der Waals surface area contributed by atoms with Crippen molar-refractivity contribution in [2.45, 2.75) is 31.7 Å². The summed E-state index contributed by atoms with van der Waals surface area (Å²) in [6, 6.07) is 12.2. The lowest BCUT2D eigenvalue weighted by molar-refractivity contribution is -0.125. The Balaban J connectivity index is 2.26. The van der Waals surface area contributed by atoms with Crippen molar-refractivity contribution in [3.63, 3.8) is 0 Å². The van der Waals surface area contributed by atoms with Crippen LogP contribution in [0.4, 0.5) is 5.69 Å². The van der Waals surface area contributed by atoms with E-state index in [0.29, 0.717) is 5.69 Å². The number of nitrogens with zero attached hydrogens (tertiary/aromatic N) is 1. The molecule has 2 aromatic rings. The van der Waals surface area contributed by atoms with Gasteiger partial charge >= 0.3 is 5.97 Å². The average molecular weight is 479 g/mol. The molecule has 0 unspecified atom stereocenters. The molecular weight excluding hydrogens is 452 g/mol. The number of esters is 1. The van der Waals surface area contributed by atoms with Crippen LogP contribution >= 0.6 is 11.6 Å². The van der Waals surface area contributed by atoms with Crippen LogP contribution < -0.4 is 9.62 Å². The van der Waals surface area contributed by atoms with Crippen LogP contribution in [-0.4, -0.2) is 39.5 Å². The molecule has 32 heavy (non-hydrogen) atoms. The molecule has 0 radical (unpaired) electrons. The lowest BCUT2D eigenvalue weighted by Crippen LogP contribution is -2.38. The Morgan fingerprint density at radius 2 is 1.81 bits per heavy atom. The summed E-state index contributed by atoms with van der Waals surface area (Å²) < 4.78 is 32.8. The summed E-state index contributed by atoms with van der Waals surface area (Å²) in [4.78, 5) is 24.4. The number of ether oxygens (including phenoxy) is 1. The number of rotatable bonds is 10. The Labute approximate surface area is 194 Å². The van der Waals surface area contributed by atoms with Crippen LogP contribution in [0.3, 0.4) is 0 Å². The van der Waals surface area contributed by atoms with Gasteiger partial charge in [0.15, 0.2) is 6.61 Å². The lowest BCUT2D eigenvalue weighted by atomic mass is 10.1. The van der Waals surface area contributed by atoms with E-state index in [-0.39, 0.29) is 34.0 Å². The minimum absolute atomic E-state index is 0.0138. The van der Waals surface area contributed by atoms with E-state index in [0.717, 1.165) is 6.07 Å². The molecule has 1 amide bonds. The van der Waals surface area contributed by atoms with Gasteiger partial charge in [0.2, 0.25) is 0 Å². The zero-order valence-corrected chi connectivity index (χ0v) is 19.8. The molecule has 7 nitrogen and oxygen atoms in total. The predicted molar refractivity (Wildman–Crippen MR) is 125 cm³/mol. The molecule has 172 valence electrons. The van der Waals surface area contributed by atoms with Gasteiger partial charge in [0.1, 0.15) is 0 Å². The maximum atomic E-state index is 13.3. The van der Waals surface area contributed by atoms with Gasteiger partial charge < -0.3 is 10.1 Å². The van der Waals surface area contributed by atoms with Crippen LogP contribution in [0.2, 0.25) is 5.02 Å². The zero-order valence-electron chi connectivity index (χ0n) is 18.2. The van der Waals surface area contributed by atoms with Gasteiger partial charge in [-0.05, 0) is 43.2 Å². The number of amides is 1. The van der Waals surface area contributed by atoms with E-state index in [2.05, 4.69) is 11.9 Å². The van der Waals surface area contributed by atoms with E-state index in [1.54, 1.807) is 30.3 Å². The first-order chi connectivity index (χ1) is 15.1. The highest BCUT2D eigenvalue weighted by Crippen LogP contribution is 2.27. The number of hydrogen-bond acceptors (Lipinski definition) is 5. The number of carbonyl (C=O) groups is 2. The van der Waals surface area contributed by atoms with Crippen molar-refractivity contribution in [2.75, 3.05) is 17.5 Å². The monoisotopic (exact) mass is 478 g/mol. The number of benzene rings is 2. The van der Waals surface area contributed by atoms with Crippen molar-refractivity contribution in [2.24, 2.45) is 5.92 Å². The van der Waals surface area contributed by atoms with Crippen LogP contribution in [0.15, 0.2) is 66.1 Å². The fourth-order valence-electron chi connectivity index (χ4n) is 2.67. The molecule has 0 spiro atoms. The Kier molecular flexibility index (Phi) is 8.86. The van der Waals surface area contributed by atoms with Crippen LogP contribution in [0.5, 0.6) is 0 Å². The highest BCUT2D eigenvalue weighted by molar-refractivity contribution is 7.92. The minimum atomic E-state index is -4.03. The van der Waals surface area contributed by atoms with Crippen molar-refractivity contribution in [1.29, 1.82) is 0 Å². The molecule has 1 N–H and O–H groups in total. The number of halogens is 1. The molecule has 2 aromatic carbocycles. The van der Waals surface area contributed by atoms with Gasteiger partial charge in [0, 0.05) is 6.04 Å². The van der Waals surface area contributed by atoms with Gasteiger partial charge in [0.25, 0.3) is 15.9 Å². The maximum absolute atomic E-state index is 13.3. The van der Waals surface area contributed by atoms with E-state index >= 15 is 0 Å². The van der Waals surface area contributed by atoms with E-state index < -0.39 is 28.5 Å². The topological polar surface area (TPSA) is 92.8 Å². The van der Waals surface area contributed by atoms with Crippen molar-refractivity contribution < 1.29 is 22.7 Å². The van der Waals surface area contributed by atoms with Crippen LogP contribution in [0.1, 0.15) is 31.1 Å². The first-order valence-corrected chi connectivity index (χ1v) is 11.8. The molecule has 0 saturated carbocycles. The third kappa shape index (κ3) is 6.34. The number of hydrogen-bond donors (Lipinski definition) is 1. The first kappa shape index (κ1) is 25.4. The average Bonchev–Trinajstić information content (AvgIpc) is 2.76. The van der Waals surface area contributed by atoms with Gasteiger partial charge in [0.05, 0.1) is 27.7 Å². The number of sulfonamides is 1. The second-order valence-electron chi connectivity index (χ2n) is 7.48. The molecule has 0 aliphatic rings. The first-order valence-electron chi connectivity index (χ1n) is 10.0. The van der Waals surface area contributed by atoms with Gasteiger partial charge in [-0.25, -0.2) is 13.2 Å². The molecule has 0 heterocycles. The van der Waals surface area contributed by atoms with E-state index in [1.807, 2.05) is 20.8 Å². The van der Waals surface area contributed by atoms with Gasteiger partial charge in [-0.1, -0.05) is 49.7 Å². The molecule has 9 heteroatoms. The molecule has 2 rings (SSSR count). The van der Waals surface area contributed by atoms with Crippen molar-refractivity contribution in [3.8, 4) is 0 Å². The summed E-state index contributed by atoms with van der Waals surface area (Å²) in [5.74, 6) is -1.14. The largest absolute Gasteiger partial charge is 0.452 e. The van der Waals surface area contributed by atoms with Crippen LogP contribution in [-0.2, 0) is 19.6 Å². The Morgan fingerprint density at radius 1 is 1.16 bits per heavy atom. The van der Waals surface area contributed by atoms with Gasteiger partial charge in [-0.3, -0.25) is 9.10 Å². The van der Waals surface area contributed by atoms with Gasteiger partial charge in [-0.2, -0.15) is 0 Å². The summed E-state index contributed by atoms with van der Waals surface area (Å²) in [6.45, 7) is 8.90. The molecule has 0 aliphatic heterocycles. The SMILES string of the molecule is C=CCN(c1ccccc1)S(=O)(=O)c1ccc(Cl)c(C(=O)OCC(=O)N[C@@H](C)C(C)C)c1. The second kappa shape index (κ2) is 11.2. The summed E-state index contributed by atoms with van der Waals surface area (Å²) >= 11 is 6.11. The zero-order chi connectivity index (χ0) is 23.9. The van der Waals surface area contributed by atoms with E-state index in [9.17, 15) is 18.0 Å². The molecule has 0 fully saturated rings. The number of para-hydroxylation sites is 1. The molecule has 1 atom stereocenters. The second-order valence-corrected chi connectivity index (χ2v) is 9.75. The van der Waals surface area contributed by atoms with Crippen molar-refractivity contribution >= 4 is 39.2 Å². The Morgan fingerprint density at radius 3 is 2.41 bits per heavy atom. The Hall–Kier alpha value is -2.84. The lowest BCUT2D eigenvalue weighted by Gasteiger charge is -2.23. The molecule has 0 saturated heterocycles. The number of anilines is 1. The highest BCUT2D eigenvalue weighted by Gasteiger charge is 2.26. The van der Waals surface area contributed by atoms with Crippen LogP contribution in [0.25, 0.3) is 0 Å². The standard InChI is InChI=1S/C23H27ClN2O5S/c1-5-13-26(18-9-7-6-8-10-18)32(29,30)19-11-12-21(24)20(14-19)23(28)31-15-22(27)25-17(4)16(2)3/h5-12,14,16-17H,1,13,15H2,2-4H3,(H,25,27)/t17-/m0/s1. The molecule has 0 aliphatic carbocycles. The number of nitrogens with one attached hydrogen (secondary N) is 1. The smallest absolute Gasteiger partial charge is 0.340 e. The molecule has 0 bridgehead atoms. The highest BCUT2D eigenvalue weighted by atomic mass is 35.5. The summed E-state index contributed by atoms with van der Waals surface area (Å²) in [7, 11) is -4.03. The van der Waals surface area contributed by atoms with Crippen LogP contribution in [0, 0.1) is 5.92 Å². The van der Waals surface area contributed by atoms with Crippen molar-refractivity contribution in [3.05, 3.63) is 71.8 Å². The van der Waals surface area contributed by atoms with Gasteiger partial charge in [-0.15, -0.1) is 6.58 Å². The van der Waals surface area contributed by atoms with E-state index in [1.165, 1.54) is 22.5 Å². The third-order valence-corrected chi connectivity index (χ3v) is 6.93. The summed E-state index contributed by atoms with van der Waals surface area (Å²) in [6.07, 6.45) is 1.46. The third-order valence-electron chi connectivity index (χ3n) is 4.81. The number of carbonyl (C=O) groups excluding carboxylic acids is 2. The fraction of sp³-hybridized carbons (Fsp3) is 0.304. The normalized spacial score (nSPS) is 12.2.